The number of carboxylic acids is 1. The lowest BCUT2D eigenvalue weighted by atomic mass is 10.2. The molecule has 1 aromatic rings. The highest BCUT2D eigenvalue weighted by Crippen LogP contribution is 2.12. The van der Waals surface area contributed by atoms with Gasteiger partial charge in [0.25, 0.3) is 0 Å². The van der Waals surface area contributed by atoms with Gasteiger partial charge < -0.3 is 10.4 Å². The van der Waals surface area contributed by atoms with Crippen LogP contribution in [-0.4, -0.2) is 22.6 Å². The summed E-state index contributed by atoms with van der Waals surface area (Å²) in [4.78, 5) is 14.6. The van der Waals surface area contributed by atoms with Crippen molar-refractivity contribution in [1.29, 1.82) is 0 Å². The van der Waals surface area contributed by atoms with E-state index in [2.05, 4.69) is 24.1 Å². The highest BCUT2D eigenvalue weighted by molar-refractivity contribution is 5.91. The average molecular weight is 194 g/mol. The third kappa shape index (κ3) is 2.73. The topological polar surface area (TPSA) is 62.2 Å². The molecule has 0 saturated carbocycles. The summed E-state index contributed by atoms with van der Waals surface area (Å²) in [5.41, 5.74) is 0.654. The van der Waals surface area contributed by atoms with Gasteiger partial charge in [0.2, 0.25) is 0 Å². The van der Waals surface area contributed by atoms with E-state index in [0.717, 1.165) is 6.54 Å². The van der Waals surface area contributed by atoms with Crippen LogP contribution >= 0.6 is 0 Å². The number of aromatic carboxylic acids is 1. The number of pyridine rings is 1. The summed E-state index contributed by atoms with van der Waals surface area (Å²) in [5, 5.41) is 11.9. The van der Waals surface area contributed by atoms with Crippen LogP contribution in [0.5, 0.6) is 0 Å². The summed E-state index contributed by atoms with van der Waals surface area (Å²) >= 11 is 0. The molecule has 1 rings (SSSR count). The van der Waals surface area contributed by atoms with Crippen LogP contribution in [0.1, 0.15) is 24.3 Å². The Balaban J connectivity index is 2.79. The number of anilines is 1. The van der Waals surface area contributed by atoms with E-state index < -0.39 is 5.97 Å². The van der Waals surface area contributed by atoms with Crippen molar-refractivity contribution in [3.63, 3.8) is 0 Å². The SMILES string of the molecule is CC(C)CNc1cccnc1C(=O)O. The molecule has 0 unspecified atom stereocenters. The van der Waals surface area contributed by atoms with Crippen LogP contribution in [0.15, 0.2) is 18.3 Å². The molecule has 76 valence electrons. The van der Waals surface area contributed by atoms with E-state index in [1.807, 2.05) is 0 Å². The van der Waals surface area contributed by atoms with Gasteiger partial charge in [0.05, 0.1) is 5.69 Å². The van der Waals surface area contributed by atoms with E-state index in [1.54, 1.807) is 12.1 Å². The molecular formula is C10H14N2O2. The van der Waals surface area contributed by atoms with Gasteiger partial charge in [0.15, 0.2) is 5.69 Å². The van der Waals surface area contributed by atoms with Crippen molar-refractivity contribution in [3.05, 3.63) is 24.0 Å². The van der Waals surface area contributed by atoms with Gasteiger partial charge in [-0.1, -0.05) is 13.8 Å². The predicted molar refractivity (Wildman–Crippen MR) is 54.5 cm³/mol. The first kappa shape index (κ1) is 10.5. The van der Waals surface area contributed by atoms with E-state index in [9.17, 15) is 4.79 Å². The smallest absolute Gasteiger partial charge is 0.356 e. The maximum absolute atomic E-state index is 10.8. The normalized spacial score (nSPS) is 10.2. The number of nitrogens with zero attached hydrogens (tertiary/aromatic N) is 1. The minimum Gasteiger partial charge on any atom is -0.476 e. The largest absolute Gasteiger partial charge is 0.476 e. The van der Waals surface area contributed by atoms with Crippen LogP contribution in [0.4, 0.5) is 5.69 Å². The maximum atomic E-state index is 10.8. The second kappa shape index (κ2) is 4.60. The van der Waals surface area contributed by atoms with Crippen LogP contribution in [0, 0.1) is 5.92 Å². The van der Waals surface area contributed by atoms with Crippen LogP contribution in [0.2, 0.25) is 0 Å². The molecule has 0 atom stereocenters. The van der Waals surface area contributed by atoms with Gasteiger partial charge in [0.1, 0.15) is 0 Å². The van der Waals surface area contributed by atoms with E-state index in [0.29, 0.717) is 11.6 Å². The Kier molecular flexibility index (Phi) is 3.45. The maximum Gasteiger partial charge on any atom is 0.356 e. The van der Waals surface area contributed by atoms with Crippen LogP contribution in [0.25, 0.3) is 0 Å². The summed E-state index contributed by atoms with van der Waals surface area (Å²) in [5.74, 6) is -0.534. The third-order valence-electron chi connectivity index (χ3n) is 1.71. The van der Waals surface area contributed by atoms with Crippen molar-refractivity contribution >= 4 is 11.7 Å². The summed E-state index contributed by atoms with van der Waals surface area (Å²) < 4.78 is 0. The molecule has 0 spiro atoms. The number of aromatic nitrogens is 1. The highest BCUT2D eigenvalue weighted by Gasteiger charge is 2.10. The number of hydrogen-bond acceptors (Lipinski definition) is 3. The molecule has 0 aliphatic carbocycles. The van der Waals surface area contributed by atoms with Crippen molar-refractivity contribution in [3.8, 4) is 0 Å². The van der Waals surface area contributed by atoms with Crippen molar-refractivity contribution in [2.45, 2.75) is 13.8 Å². The second-order valence-corrected chi connectivity index (χ2v) is 3.48. The lowest BCUT2D eigenvalue weighted by molar-refractivity contribution is 0.0691. The zero-order chi connectivity index (χ0) is 10.6. The first-order valence-electron chi connectivity index (χ1n) is 4.53. The molecule has 2 N–H and O–H groups in total. The fourth-order valence-electron chi connectivity index (χ4n) is 1.03. The first-order valence-corrected chi connectivity index (χ1v) is 4.53. The zero-order valence-corrected chi connectivity index (χ0v) is 8.32. The minimum absolute atomic E-state index is 0.0770. The lowest BCUT2D eigenvalue weighted by Crippen LogP contribution is -2.12. The number of carboxylic acid groups (broad SMARTS) is 1. The lowest BCUT2D eigenvalue weighted by Gasteiger charge is -2.10. The molecular weight excluding hydrogens is 180 g/mol. The molecule has 0 aliphatic rings. The van der Waals surface area contributed by atoms with Gasteiger partial charge in [-0.3, -0.25) is 0 Å². The fraction of sp³-hybridized carbons (Fsp3) is 0.400. The van der Waals surface area contributed by atoms with Crippen molar-refractivity contribution in [2.24, 2.45) is 5.92 Å². The van der Waals surface area contributed by atoms with Gasteiger partial charge in [-0.25, -0.2) is 9.78 Å². The van der Waals surface area contributed by atoms with E-state index in [1.165, 1.54) is 6.20 Å². The van der Waals surface area contributed by atoms with Crippen molar-refractivity contribution < 1.29 is 9.90 Å². The Morgan fingerprint density at radius 1 is 1.64 bits per heavy atom. The molecule has 0 bridgehead atoms. The highest BCUT2D eigenvalue weighted by atomic mass is 16.4. The van der Waals surface area contributed by atoms with Crippen molar-refractivity contribution in [1.82, 2.24) is 4.98 Å². The van der Waals surface area contributed by atoms with Gasteiger partial charge in [0, 0.05) is 12.7 Å². The molecule has 4 heteroatoms. The Hall–Kier alpha value is -1.58. The molecule has 1 heterocycles. The van der Waals surface area contributed by atoms with Gasteiger partial charge in [-0.2, -0.15) is 0 Å². The standard InChI is InChI=1S/C10H14N2O2/c1-7(2)6-12-8-4-3-5-11-9(8)10(13)14/h3-5,7,12H,6H2,1-2H3,(H,13,14). The Morgan fingerprint density at radius 2 is 2.36 bits per heavy atom. The molecule has 0 aliphatic heterocycles. The average Bonchev–Trinajstić information content (AvgIpc) is 2.15. The summed E-state index contributed by atoms with van der Waals surface area (Å²) in [6.07, 6.45) is 1.48. The predicted octanol–water partition coefficient (Wildman–Crippen LogP) is 1.85. The van der Waals surface area contributed by atoms with Crippen LogP contribution in [-0.2, 0) is 0 Å². The summed E-state index contributed by atoms with van der Waals surface area (Å²) in [6, 6.07) is 3.44. The number of nitrogens with one attached hydrogen (secondary N) is 1. The monoisotopic (exact) mass is 194 g/mol. The first-order chi connectivity index (χ1) is 6.61. The molecule has 0 aromatic carbocycles. The molecule has 1 aromatic heterocycles. The number of rotatable bonds is 4. The van der Waals surface area contributed by atoms with E-state index >= 15 is 0 Å². The quantitative estimate of drug-likeness (QED) is 0.767. The molecule has 0 radical (unpaired) electrons. The third-order valence-corrected chi connectivity index (χ3v) is 1.71. The Morgan fingerprint density at radius 3 is 2.93 bits per heavy atom. The summed E-state index contributed by atoms with van der Waals surface area (Å²) in [7, 11) is 0. The minimum atomic E-state index is -1.00. The fourth-order valence-corrected chi connectivity index (χ4v) is 1.03. The second-order valence-electron chi connectivity index (χ2n) is 3.48. The Bertz CT molecular complexity index is 324. The molecule has 0 fully saturated rings. The number of carbonyl (C=O) groups is 1. The van der Waals surface area contributed by atoms with Gasteiger partial charge >= 0.3 is 5.97 Å². The zero-order valence-electron chi connectivity index (χ0n) is 8.32. The molecule has 0 saturated heterocycles. The van der Waals surface area contributed by atoms with Gasteiger partial charge in [-0.05, 0) is 18.1 Å². The molecule has 0 amide bonds. The van der Waals surface area contributed by atoms with E-state index in [4.69, 9.17) is 5.11 Å². The Labute approximate surface area is 83.0 Å². The summed E-state index contributed by atoms with van der Waals surface area (Å²) in [6.45, 7) is 4.86. The number of hydrogen-bond donors (Lipinski definition) is 2. The molecule has 4 nitrogen and oxygen atoms in total. The van der Waals surface area contributed by atoms with Crippen molar-refractivity contribution in [2.75, 3.05) is 11.9 Å². The van der Waals surface area contributed by atoms with Crippen LogP contribution in [0.3, 0.4) is 0 Å². The van der Waals surface area contributed by atoms with E-state index in [-0.39, 0.29) is 5.69 Å². The van der Waals surface area contributed by atoms with Crippen LogP contribution < -0.4 is 5.32 Å². The van der Waals surface area contributed by atoms with Gasteiger partial charge in [-0.15, -0.1) is 0 Å². The molecule has 14 heavy (non-hydrogen) atoms.